The van der Waals surface area contributed by atoms with Gasteiger partial charge >= 0.3 is 12.0 Å². The molecule has 0 saturated heterocycles. The zero-order chi connectivity index (χ0) is 14.7. The van der Waals surface area contributed by atoms with Crippen molar-refractivity contribution in [2.75, 3.05) is 6.54 Å². The Morgan fingerprint density at radius 2 is 2.00 bits per heavy atom. The summed E-state index contributed by atoms with van der Waals surface area (Å²) in [5.41, 5.74) is 4.92. The summed E-state index contributed by atoms with van der Waals surface area (Å²) in [5.74, 6) is 0.667. The summed E-state index contributed by atoms with van der Waals surface area (Å²) in [6.45, 7) is 0.412. The molecule has 0 bridgehead atoms. The lowest BCUT2D eigenvalue weighted by atomic mass is 10.1. The number of carboxylic acids is 1. The van der Waals surface area contributed by atoms with Gasteiger partial charge in [0.25, 0.3) is 0 Å². The van der Waals surface area contributed by atoms with Crippen molar-refractivity contribution in [1.29, 1.82) is 0 Å². The van der Waals surface area contributed by atoms with Crippen LogP contribution in [-0.4, -0.2) is 35.6 Å². The number of hydrogen-bond acceptors (Lipinski definition) is 3. The van der Waals surface area contributed by atoms with Gasteiger partial charge in [0.15, 0.2) is 0 Å². The molecule has 0 aromatic heterocycles. The van der Waals surface area contributed by atoms with Crippen LogP contribution in [0.15, 0.2) is 0 Å². The quantitative estimate of drug-likeness (QED) is 0.342. The molecule has 0 radical (unpaired) electrons. The summed E-state index contributed by atoms with van der Waals surface area (Å²) in [5, 5.41) is 13.6. The van der Waals surface area contributed by atoms with Crippen LogP contribution in [0.5, 0.6) is 0 Å². The van der Waals surface area contributed by atoms with Crippen molar-refractivity contribution in [1.82, 2.24) is 10.6 Å². The fourth-order valence-corrected chi connectivity index (χ4v) is 1.31. The monoisotopic (exact) mass is 269 g/mol. The number of hydrogen-bond donors (Lipinski definition) is 4. The molecular formula is C12H19N3O4. The number of nitrogens with one attached hydrogen (secondary N) is 2. The van der Waals surface area contributed by atoms with Crippen molar-refractivity contribution in [2.24, 2.45) is 5.73 Å². The van der Waals surface area contributed by atoms with Gasteiger partial charge in [-0.15, -0.1) is 12.3 Å². The van der Waals surface area contributed by atoms with E-state index in [2.05, 4.69) is 16.6 Å². The van der Waals surface area contributed by atoms with Crippen LogP contribution in [0.4, 0.5) is 4.79 Å². The minimum Gasteiger partial charge on any atom is -0.480 e. The number of primary amides is 1. The summed E-state index contributed by atoms with van der Waals surface area (Å²) in [6, 6.07) is -1.71. The summed E-state index contributed by atoms with van der Waals surface area (Å²) >= 11 is 0. The first kappa shape index (κ1) is 16.8. The molecule has 1 atom stereocenters. The summed E-state index contributed by atoms with van der Waals surface area (Å²) in [7, 11) is 0. The van der Waals surface area contributed by atoms with E-state index in [1.807, 2.05) is 0 Å². The molecule has 7 nitrogen and oxygen atoms in total. The molecule has 0 spiro atoms. The molecule has 3 amide bonds. The molecule has 0 aliphatic heterocycles. The van der Waals surface area contributed by atoms with Gasteiger partial charge in [0, 0.05) is 19.4 Å². The first-order valence-electron chi connectivity index (χ1n) is 5.96. The van der Waals surface area contributed by atoms with Gasteiger partial charge in [0.05, 0.1) is 0 Å². The average molecular weight is 269 g/mol. The number of terminal acetylenes is 1. The van der Waals surface area contributed by atoms with E-state index in [1.165, 1.54) is 0 Å². The van der Waals surface area contributed by atoms with Crippen LogP contribution in [0.1, 0.15) is 32.1 Å². The normalized spacial score (nSPS) is 11.1. The van der Waals surface area contributed by atoms with Gasteiger partial charge in [0.2, 0.25) is 5.91 Å². The van der Waals surface area contributed by atoms with Crippen molar-refractivity contribution in [2.45, 2.75) is 38.1 Å². The Kier molecular flexibility index (Phi) is 8.62. The van der Waals surface area contributed by atoms with Gasteiger partial charge in [-0.05, 0) is 19.3 Å². The average Bonchev–Trinajstić information content (AvgIpc) is 2.33. The van der Waals surface area contributed by atoms with E-state index in [9.17, 15) is 14.4 Å². The van der Waals surface area contributed by atoms with Crippen LogP contribution < -0.4 is 16.4 Å². The van der Waals surface area contributed by atoms with E-state index in [1.54, 1.807) is 0 Å². The molecule has 0 aromatic carbocycles. The number of rotatable bonds is 9. The van der Waals surface area contributed by atoms with Crippen molar-refractivity contribution in [3.8, 4) is 12.3 Å². The number of unbranched alkanes of at least 4 members (excludes halogenated alkanes) is 2. The molecular weight excluding hydrogens is 250 g/mol. The zero-order valence-corrected chi connectivity index (χ0v) is 10.6. The summed E-state index contributed by atoms with van der Waals surface area (Å²) in [4.78, 5) is 32.8. The predicted octanol–water partition coefficient (Wildman–Crippen LogP) is -0.192. The van der Waals surface area contributed by atoms with Crippen LogP contribution in [0.3, 0.4) is 0 Å². The Morgan fingerprint density at radius 1 is 1.32 bits per heavy atom. The Balaban J connectivity index is 3.94. The van der Waals surface area contributed by atoms with Crippen molar-refractivity contribution < 1.29 is 19.5 Å². The Labute approximate surface area is 111 Å². The second-order valence-corrected chi connectivity index (χ2v) is 3.96. The standard InChI is InChI=1S/C12H19N3O4/c1-2-3-4-5-8-14-12(19)15-9(11(17)18)6-7-10(13)16/h1,9H,3-8H2,(H2,13,16)(H,17,18)(H2,14,15,19)/t9-/m0/s1. The van der Waals surface area contributed by atoms with Crippen molar-refractivity contribution in [3.63, 3.8) is 0 Å². The molecule has 0 rings (SSSR count). The van der Waals surface area contributed by atoms with Gasteiger partial charge in [0.1, 0.15) is 6.04 Å². The summed E-state index contributed by atoms with van der Waals surface area (Å²) < 4.78 is 0. The van der Waals surface area contributed by atoms with E-state index in [4.69, 9.17) is 17.3 Å². The van der Waals surface area contributed by atoms with E-state index in [-0.39, 0.29) is 12.8 Å². The number of aliphatic carboxylic acids is 1. The van der Waals surface area contributed by atoms with Gasteiger partial charge in [-0.2, -0.15) is 0 Å². The van der Waals surface area contributed by atoms with Gasteiger partial charge in [-0.1, -0.05) is 0 Å². The Hall–Kier alpha value is -2.23. The van der Waals surface area contributed by atoms with E-state index < -0.39 is 23.9 Å². The molecule has 0 unspecified atom stereocenters. The largest absolute Gasteiger partial charge is 0.480 e. The highest BCUT2D eigenvalue weighted by Crippen LogP contribution is 1.97. The minimum absolute atomic E-state index is 0.0326. The maximum Gasteiger partial charge on any atom is 0.326 e. The fourth-order valence-electron chi connectivity index (χ4n) is 1.31. The zero-order valence-electron chi connectivity index (χ0n) is 10.6. The van der Waals surface area contributed by atoms with Gasteiger partial charge in [-0.25, -0.2) is 9.59 Å². The van der Waals surface area contributed by atoms with Gasteiger partial charge < -0.3 is 21.5 Å². The third kappa shape index (κ3) is 9.47. The Bertz CT molecular complexity index is 362. The van der Waals surface area contributed by atoms with E-state index in [0.29, 0.717) is 13.0 Å². The number of urea groups is 1. The molecule has 0 saturated carbocycles. The highest BCUT2D eigenvalue weighted by atomic mass is 16.4. The topological polar surface area (TPSA) is 122 Å². The second kappa shape index (κ2) is 9.76. The molecule has 0 aliphatic carbocycles. The lowest BCUT2D eigenvalue weighted by Gasteiger charge is -2.14. The van der Waals surface area contributed by atoms with Crippen molar-refractivity contribution >= 4 is 17.9 Å². The summed E-state index contributed by atoms with van der Waals surface area (Å²) in [6.07, 6.45) is 7.09. The first-order chi connectivity index (χ1) is 8.97. The van der Waals surface area contributed by atoms with Crippen LogP contribution >= 0.6 is 0 Å². The maximum absolute atomic E-state index is 11.4. The molecule has 106 valence electrons. The molecule has 0 heterocycles. The minimum atomic E-state index is -1.20. The van der Waals surface area contributed by atoms with E-state index >= 15 is 0 Å². The van der Waals surface area contributed by atoms with Gasteiger partial charge in [-0.3, -0.25) is 4.79 Å². The Morgan fingerprint density at radius 3 is 2.53 bits per heavy atom. The van der Waals surface area contributed by atoms with E-state index in [0.717, 1.165) is 12.8 Å². The highest BCUT2D eigenvalue weighted by molar-refractivity contribution is 5.83. The number of nitrogens with two attached hydrogens (primary N) is 1. The number of amides is 3. The highest BCUT2D eigenvalue weighted by Gasteiger charge is 2.20. The molecule has 0 aliphatic rings. The smallest absolute Gasteiger partial charge is 0.326 e. The number of carbonyl (C=O) groups excluding carboxylic acids is 2. The molecule has 0 aromatic rings. The first-order valence-corrected chi connectivity index (χ1v) is 5.96. The van der Waals surface area contributed by atoms with Crippen LogP contribution in [0.25, 0.3) is 0 Å². The fraction of sp³-hybridized carbons (Fsp3) is 0.583. The second-order valence-electron chi connectivity index (χ2n) is 3.96. The molecule has 0 fully saturated rings. The predicted molar refractivity (Wildman–Crippen MR) is 69.1 cm³/mol. The third-order valence-corrected chi connectivity index (χ3v) is 2.32. The molecule has 7 heteroatoms. The SMILES string of the molecule is C#CCCCCNC(=O)N[C@@H](CCC(N)=O)C(=O)O. The maximum atomic E-state index is 11.4. The molecule has 5 N–H and O–H groups in total. The number of carbonyl (C=O) groups is 3. The van der Waals surface area contributed by atoms with Crippen molar-refractivity contribution in [3.05, 3.63) is 0 Å². The van der Waals surface area contributed by atoms with Crippen LogP contribution in [-0.2, 0) is 9.59 Å². The van der Waals surface area contributed by atoms with Crippen LogP contribution in [0.2, 0.25) is 0 Å². The molecule has 19 heavy (non-hydrogen) atoms. The lowest BCUT2D eigenvalue weighted by molar-refractivity contribution is -0.139. The number of carboxylic acid groups (broad SMARTS) is 1. The lowest BCUT2D eigenvalue weighted by Crippen LogP contribution is -2.46. The van der Waals surface area contributed by atoms with Crippen LogP contribution in [0, 0.1) is 12.3 Å². The third-order valence-electron chi connectivity index (χ3n) is 2.32.